The number of benzene rings is 2. The molecule has 0 heterocycles. The molecule has 5 aliphatic carbocycles. The molecular formula is C27H30O. The zero-order chi connectivity index (χ0) is 18.4. The lowest BCUT2D eigenvalue weighted by atomic mass is 9.57. The average molecular weight is 371 g/mol. The fourth-order valence-electron chi connectivity index (χ4n) is 8.38. The summed E-state index contributed by atoms with van der Waals surface area (Å²) >= 11 is 0. The normalized spacial score (nSPS) is 39.0. The van der Waals surface area contributed by atoms with Crippen molar-refractivity contribution < 1.29 is 4.74 Å². The Labute approximate surface area is 168 Å². The summed E-state index contributed by atoms with van der Waals surface area (Å²) in [5, 5.41) is 0. The monoisotopic (exact) mass is 370 g/mol. The van der Waals surface area contributed by atoms with Crippen LogP contribution in [-0.4, -0.2) is 7.11 Å². The van der Waals surface area contributed by atoms with Crippen molar-refractivity contribution in [1.29, 1.82) is 0 Å². The lowest BCUT2D eigenvalue weighted by Gasteiger charge is -2.47. The minimum absolute atomic E-state index is 0.865. The molecule has 7 rings (SSSR count). The van der Waals surface area contributed by atoms with Crippen molar-refractivity contribution in [3.8, 4) is 16.9 Å². The molecule has 0 aromatic heterocycles. The van der Waals surface area contributed by atoms with Gasteiger partial charge in [-0.2, -0.15) is 0 Å². The van der Waals surface area contributed by atoms with Crippen LogP contribution in [0.5, 0.6) is 5.75 Å². The molecule has 0 N–H and O–H groups in total. The zero-order valence-corrected chi connectivity index (χ0v) is 16.9. The summed E-state index contributed by atoms with van der Waals surface area (Å²) in [7, 11) is 1.76. The molecule has 0 radical (unpaired) electrons. The van der Waals surface area contributed by atoms with E-state index in [2.05, 4.69) is 36.4 Å². The number of fused-ring (bicyclic) bond motifs is 10. The Balaban J connectivity index is 1.37. The van der Waals surface area contributed by atoms with Crippen molar-refractivity contribution in [3.63, 3.8) is 0 Å². The summed E-state index contributed by atoms with van der Waals surface area (Å²) in [5.41, 5.74) is 8.30. The maximum Gasteiger partial charge on any atom is 0.118 e. The first kappa shape index (κ1) is 16.1. The molecule has 144 valence electrons. The van der Waals surface area contributed by atoms with Crippen LogP contribution in [0.25, 0.3) is 11.1 Å². The summed E-state index contributed by atoms with van der Waals surface area (Å²) < 4.78 is 5.40. The zero-order valence-electron chi connectivity index (χ0n) is 16.9. The molecule has 2 aromatic carbocycles. The Morgan fingerprint density at radius 3 is 2.14 bits per heavy atom. The molecular weight excluding hydrogens is 340 g/mol. The van der Waals surface area contributed by atoms with E-state index in [-0.39, 0.29) is 0 Å². The maximum absolute atomic E-state index is 5.40. The van der Waals surface area contributed by atoms with E-state index in [9.17, 15) is 0 Å². The average Bonchev–Trinajstić information content (AvgIpc) is 3.50. The van der Waals surface area contributed by atoms with Gasteiger partial charge >= 0.3 is 0 Å². The molecule has 0 saturated heterocycles. The lowest BCUT2D eigenvalue weighted by molar-refractivity contribution is 0.315. The number of methoxy groups -OCH3 is 1. The van der Waals surface area contributed by atoms with Crippen molar-refractivity contribution in [3.05, 3.63) is 53.1 Å². The van der Waals surface area contributed by atoms with Crippen LogP contribution in [0.4, 0.5) is 0 Å². The summed E-state index contributed by atoms with van der Waals surface area (Å²) in [6, 6.07) is 13.8. The second-order valence-electron chi connectivity index (χ2n) is 10.4. The molecule has 2 aromatic rings. The highest BCUT2D eigenvalue weighted by Crippen LogP contribution is 2.71. The van der Waals surface area contributed by atoms with E-state index in [0.29, 0.717) is 0 Å². The van der Waals surface area contributed by atoms with Gasteiger partial charge in [-0.05, 0) is 120 Å². The van der Waals surface area contributed by atoms with E-state index in [1.807, 2.05) is 5.56 Å². The van der Waals surface area contributed by atoms with Crippen molar-refractivity contribution in [1.82, 2.24) is 0 Å². The topological polar surface area (TPSA) is 9.23 Å². The Morgan fingerprint density at radius 1 is 0.714 bits per heavy atom. The molecule has 0 amide bonds. The second kappa shape index (κ2) is 5.65. The first-order chi connectivity index (χ1) is 13.8. The predicted octanol–water partition coefficient (Wildman–Crippen LogP) is 6.88. The lowest BCUT2D eigenvalue weighted by Crippen LogP contribution is -2.33. The number of hydrogen-bond acceptors (Lipinski definition) is 1. The van der Waals surface area contributed by atoms with E-state index in [1.165, 1.54) is 56.1 Å². The summed E-state index contributed by atoms with van der Waals surface area (Å²) in [5.74, 6) is 7.57. The molecule has 1 heteroatoms. The first-order valence-corrected chi connectivity index (χ1v) is 11.6. The molecule has 4 bridgehead atoms. The van der Waals surface area contributed by atoms with E-state index in [1.54, 1.807) is 18.2 Å². The van der Waals surface area contributed by atoms with Gasteiger partial charge < -0.3 is 4.74 Å². The summed E-state index contributed by atoms with van der Waals surface area (Å²) in [4.78, 5) is 0. The number of ether oxygens (including phenoxy) is 1. The van der Waals surface area contributed by atoms with Gasteiger partial charge in [0.2, 0.25) is 0 Å². The van der Waals surface area contributed by atoms with Gasteiger partial charge in [-0.15, -0.1) is 0 Å². The van der Waals surface area contributed by atoms with Crippen LogP contribution in [0.15, 0.2) is 36.4 Å². The van der Waals surface area contributed by atoms with Gasteiger partial charge in [-0.25, -0.2) is 0 Å². The summed E-state index contributed by atoms with van der Waals surface area (Å²) in [6.07, 6.45) is 10.5. The van der Waals surface area contributed by atoms with Crippen LogP contribution in [0.2, 0.25) is 0 Å². The molecule has 5 aliphatic rings. The molecule has 0 aliphatic heterocycles. The highest BCUT2D eigenvalue weighted by atomic mass is 16.5. The van der Waals surface area contributed by atoms with E-state index >= 15 is 0 Å². The minimum Gasteiger partial charge on any atom is -0.497 e. The molecule has 0 spiro atoms. The number of hydrogen-bond donors (Lipinski definition) is 0. The van der Waals surface area contributed by atoms with Crippen LogP contribution in [0.3, 0.4) is 0 Å². The van der Waals surface area contributed by atoms with Crippen LogP contribution >= 0.6 is 0 Å². The van der Waals surface area contributed by atoms with Gasteiger partial charge in [0, 0.05) is 0 Å². The second-order valence-corrected chi connectivity index (χ2v) is 10.4. The highest BCUT2D eigenvalue weighted by Gasteiger charge is 2.57. The van der Waals surface area contributed by atoms with Crippen molar-refractivity contribution in [2.45, 2.75) is 62.7 Å². The van der Waals surface area contributed by atoms with E-state index < -0.39 is 0 Å². The Hall–Kier alpha value is -1.76. The third-order valence-electron chi connectivity index (χ3n) is 9.44. The largest absolute Gasteiger partial charge is 0.497 e. The Bertz CT molecular complexity index is 941. The molecule has 4 fully saturated rings. The quantitative estimate of drug-likeness (QED) is 0.572. The van der Waals surface area contributed by atoms with Gasteiger partial charge in [0.15, 0.2) is 0 Å². The SMILES string of the molecule is COc1ccc(-c2ccc(C3CC4CCC3C4)c3c2C2C4CCC(C4)C32)cc1. The van der Waals surface area contributed by atoms with E-state index in [4.69, 9.17) is 4.74 Å². The van der Waals surface area contributed by atoms with Gasteiger partial charge in [-0.3, -0.25) is 0 Å². The Kier molecular flexibility index (Phi) is 3.24. The molecule has 4 saturated carbocycles. The van der Waals surface area contributed by atoms with Crippen molar-refractivity contribution in [2.24, 2.45) is 23.7 Å². The smallest absolute Gasteiger partial charge is 0.118 e. The van der Waals surface area contributed by atoms with Gasteiger partial charge in [-0.1, -0.05) is 30.7 Å². The fraction of sp³-hybridized carbons (Fsp3) is 0.556. The number of rotatable bonds is 3. The molecule has 1 nitrogen and oxygen atoms in total. The maximum atomic E-state index is 5.40. The highest BCUT2D eigenvalue weighted by molar-refractivity contribution is 5.76. The summed E-state index contributed by atoms with van der Waals surface area (Å²) in [6.45, 7) is 0. The van der Waals surface area contributed by atoms with E-state index in [0.717, 1.165) is 47.2 Å². The minimum atomic E-state index is 0.865. The first-order valence-electron chi connectivity index (χ1n) is 11.6. The molecule has 7 atom stereocenters. The third-order valence-corrected chi connectivity index (χ3v) is 9.44. The van der Waals surface area contributed by atoms with Crippen LogP contribution in [-0.2, 0) is 0 Å². The standard InChI is InChI=1S/C27H30O/c1-28-20-8-6-16(7-9-20)21-10-11-22(23-13-15-2-3-17(23)12-15)27-25-19-5-4-18(14-19)24(25)26(21)27/h6-11,15,17-19,23-25H,2-5,12-14H2,1H3. The third kappa shape index (κ3) is 1.98. The van der Waals surface area contributed by atoms with Crippen molar-refractivity contribution in [2.75, 3.05) is 7.11 Å². The van der Waals surface area contributed by atoms with Gasteiger partial charge in [0.1, 0.15) is 5.75 Å². The van der Waals surface area contributed by atoms with Gasteiger partial charge in [0.05, 0.1) is 7.11 Å². The molecule has 28 heavy (non-hydrogen) atoms. The van der Waals surface area contributed by atoms with Crippen LogP contribution < -0.4 is 4.74 Å². The van der Waals surface area contributed by atoms with Crippen molar-refractivity contribution >= 4 is 0 Å². The molecule has 7 unspecified atom stereocenters. The predicted molar refractivity (Wildman–Crippen MR) is 113 cm³/mol. The Morgan fingerprint density at radius 2 is 1.46 bits per heavy atom. The van der Waals surface area contributed by atoms with Gasteiger partial charge in [0.25, 0.3) is 0 Å². The van der Waals surface area contributed by atoms with Crippen LogP contribution in [0.1, 0.15) is 79.4 Å². The van der Waals surface area contributed by atoms with Crippen LogP contribution in [0, 0.1) is 23.7 Å². The fourth-order valence-corrected chi connectivity index (χ4v) is 8.38.